The van der Waals surface area contributed by atoms with Crippen LogP contribution in [0.3, 0.4) is 0 Å². The molecule has 0 aliphatic carbocycles. The Kier molecular flexibility index (Phi) is 2.70. The number of nitrogens with zero attached hydrogens (tertiary/aromatic N) is 1. The monoisotopic (exact) mass is 183 g/mol. The van der Waals surface area contributed by atoms with Gasteiger partial charge < -0.3 is 5.73 Å². The zero-order valence-corrected chi connectivity index (χ0v) is 7.84. The van der Waals surface area contributed by atoms with Crippen molar-refractivity contribution in [2.75, 3.05) is 5.73 Å². The highest BCUT2D eigenvalue weighted by molar-refractivity contribution is 5.31. The Balaban J connectivity index is 2.78. The van der Waals surface area contributed by atoms with Crippen molar-refractivity contribution in [1.29, 1.82) is 0 Å². The van der Waals surface area contributed by atoms with Crippen LogP contribution >= 0.6 is 0 Å². The molecule has 0 aromatic carbocycles. The maximum absolute atomic E-state index is 13.4. The fourth-order valence-electron chi connectivity index (χ4n) is 1.17. The van der Waals surface area contributed by atoms with Gasteiger partial charge in [0.2, 0.25) is 0 Å². The number of aromatic nitrogens is 2. The Bertz CT molecular complexity index is 306. The molecular formula is C9H14FN3. The molecule has 0 spiro atoms. The lowest BCUT2D eigenvalue weighted by molar-refractivity contribution is 0.333. The number of halogens is 1. The maximum atomic E-state index is 13.4. The molecule has 2 atom stereocenters. The van der Waals surface area contributed by atoms with Gasteiger partial charge in [0.25, 0.3) is 0 Å². The summed E-state index contributed by atoms with van der Waals surface area (Å²) in [5.74, 6) is 0.109. The first-order valence-electron chi connectivity index (χ1n) is 4.12. The number of hydrogen-bond donors (Lipinski definition) is 2. The summed E-state index contributed by atoms with van der Waals surface area (Å²) >= 11 is 0. The Morgan fingerprint density at radius 1 is 1.77 bits per heavy atom. The lowest BCUT2D eigenvalue weighted by Gasteiger charge is -2.14. The van der Waals surface area contributed by atoms with Crippen molar-refractivity contribution in [2.24, 2.45) is 0 Å². The van der Waals surface area contributed by atoms with E-state index in [1.807, 2.05) is 0 Å². The zero-order valence-electron chi connectivity index (χ0n) is 7.84. The minimum absolute atomic E-state index is 0.276. The second-order valence-corrected chi connectivity index (χ2v) is 3.28. The summed E-state index contributed by atoms with van der Waals surface area (Å²) in [5.41, 5.74) is 6.62. The first-order chi connectivity index (χ1) is 6.02. The third-order valence-electron chi connectivity index (χ3n) is 2.02. The molecule has 3 N–H and O–H groups in total. The van der Waals surface area contributed by atoms with Crippen LogP contribution in [0.1, 0.15) is 25.5 Å². The molecule has 13 heavy (non-hydrogen) atoms. The van der Waals surface area contributed by atoms with Crippen molar-refractivity contribution < 1.29 is 4.39 Å². The predicted molar refractivity (Wildman–Crippen MR) is 51.1 cm³/mol. The van der Waals surface area contributed by atoms with E-state index in [9.17, 15) is 4.39 Å². The molecule has 72 valence electrons. The smallest absolute Gasteiger partial charge is 0.145 e. The Hall–Kier alpha value is -1.32. The van der Waals surface area contributed by atoms with Crippen LogP contribution in [0.5, 0.6) is 0 Å². The van der Waals surface area contributed by atoms with E-state index in [2.05, 4.69) is 16.8 Å². The average Bonchev–Trinajstić information content (AvgIpc) is 2.49. The highest BCUT2D eigenvalue weighted by Crippen LogP contribution is 2.24. The van der Waals surface area contributed by atoms with E-state index in [1.165, 1.54) is 0 Å². The minimum atomic E-state index is -1.06. The van der Waals surface area contributed by atoms with E-state index >= 15 is 0 Å². The van der Waals surface area contributed by atoms with E-state index in [0.29, 0.717) is 17.1 Å². The maximum Gasteiger partial charge on any atom is 0.145 e. The molecule has 1 heterocycles. The average molecular weight is 183 g/mol. The van der Waals surface area contributed by atoms with Gasteiger partial charge in [-0.05, 0) is 12.5 Å². The van der Waals surface area contributed by atoms with E-state index in [0.717, 1.165) is 0 Å². The molecule has 0 aliphatic heterocycles. The van der Waals surface area contributed by atoms with Gasteiger partial charge in [0.1, 0.15) is 12.0 Å². The van der Waals surface area contributed by atoms with Gasteiger partial charge in [-0.3, -0.25) is 5.10 Å². The van der Waals surface area contributed by atoms with Gasteiger partial charge in [0.15, 0.2) is 0 Å². The number of aromatic amines is 1. The van der Waals surface area contributed by atoms with Gasteiger partial charge in [0, 0.05) is 17.7 Å². The number of rotatable bonds is 3. The van der Waals surface area contributed by atoms with Crippen LogP contribution < -0.4 is 5.73 Å². The number of anilines is 1. The molecule has 1 aromatic heterocycles. The van der Waals surface area contributed by atoms with Gasteiger partial charge in [-0.1, -0.05) is 13.5 Å². The van der Waals surface area contributed by atoms with Gasteiger partial charge in [-0.2, -0.15) is 5.10 Å². The van der Waals surface area contributed by atoms with Crippen LogP contribution in [0.4, 0.5) is 10.2 Å². The summed E-state index contributed by atoms with van der Waals surface area (Å²) in [5, 5.41) is 6.42. The highest BCUT2D eigenvalue weighted by Gasteiger charge is 2.20. The van der Waals surface area contributed by atoms with Crippen LogP contribution in [-0.2, 0) is 0 Å². The van der Waals surface area contributed by atoms with Crippen LogP contribution in [0.2, 0.25) is 0 Å². The molecule has 1 aromatic rings. The van der Waals surface area contributed by atoms with Crippen molar-refractivity contribution in [3.63, 3.8) is 0 Å². The Labute approximate surface area is 76.8 Å². The summed E-state index contributed by atoms with van der Waals surface area (Å²) < 4.78 is 13.4. The van der Waals surface area contributed by atoms with Crippen LogP contribution in [0.15, 0.2) is 18.2 Å². The SMILES string of the molecule is C=C(C)C(F)C(C)c1cc(N)n[nH]1. The molecule has 4 heteroatoms. The molecule has 1 rings (SSSR count). The third kappa shape index (κ3) is 2.08. The molecule has 0 fully saturated rings. The van der Waals surface area contributed by atoms with E-state index in [1.54, 1.807) is 19.9 Å². The molecule has 0 saturated carbocycles. The van der Waals surface area contributed by atoms with Gasteiger partial charge in [-0.15, -0.1) is 0 Å². The molecule has 2 unspecified atom stereocenters. The van der Waals surface area contributed by atoms with E-state index < -0.39 is 6.17 Å². The summed E-state index contributed by atoms with van der Waals surface area (Å²) in [4.78, 5) is 0. The summed E-state index contributed by atoms with van der Waals surface area (Å²) in [6, 6.07) is 1.64. The number of nitrogen functional groups attached to an aromatic ring is 1. The van der Waals surface area contributed by atoms with Crippen LogP contribution in [-0.4, -0.2) is 16.4 Å². The highest BCUT2D eigenvalue weighted by atomic mass is 19.1. The summed E-state index contributed by atoms with van der Waals surface area (Å²) in [6.07, 6.45) is -1.06. The fourth-order valence-corrected chi connectivity index (χ4v) is 1.17. The van der Waals surface area contributed by atoms with Gasteiger partial charge in [0.05, 0.1) is 0 Å². The predicted octanol–water partition coefficient (Wildman–Crippen LogP) is 2.01. The van der Waals surface area contributed by atoms with Crippen molar-refractivity contribution in [1.82, 2.24) is 10.2 Å². The Morgan fingerprint density at radius 3 is 2.77 bits per heavy atom. The number of alkyl halides is 1. The second-order valence-electron chi connectivity index (χ2n) is 3.28. The molecule has 0 saturated heterocycles. The lowest BCUT2D eigenvalue weighted by atomic mass is 9.98. The first-order valence-corrected chi connectivity index (χ1v) is 4.12. The summed E-state index contributed by atoms with van der Waals surface area (Å²) in [6.45, 7) is 7.01. The molecule has 0 aliphatic rings. The van der Waals surface area contributed by atoms with Gasteiger partial charge >= 0.3 is 0 Å². The van der Waals surface area contributed by atoms with E-state index in [4.69, 9.17) is 5.73 Å². The molecular weight excluding hydrogens is 169 g/mol. The van der Waals surface area contributed by atoms with Crippen LogP contribution in [0.25, 0.3) is 0 Å². The standard InChI is InChI=1S/C9H14FN3/c1-5(2)9(10)6(3)7-4-8(11)13-12-7/h4,6,9H,1H2,2-3H3,(H3,11,12,13). The fraction of sp³-hybridized carbons (Fsp3) is 0.444. The number of allylic oxidation sites excluding steroid dienone is 1. The second kappa shape index (κ2) is 3.60. The van der Waals surface area contributed by atoms with Crippen molar-refractivity contribution in [3.05, 3.63) is 23.9 Å². The van der Waals surface area contributed by atoms with Crippen molar-refractivity contribution >= 4 is 5.82 Å². The minimum Gasteiger partial charge on any atom is -0.382 e. The number of nitrogens with one attached hydrogen (secondary N) is 1. The third-order valence-corrected chi connectivity index (χ3v) is 2.02. The summed E-state index contributed by atoms with van der Waals surface area (Å²) in [7, 11) is 0. The number of H-pyrrole nitrogens is 1. The molecule has 3 nitrogen and oxygen atoms in total. The number of hydrogen-bond acceptors (Lipinski definition) is 2. The quantitative estimate of drug-likeness (QED) is 0.704. The van der Waals surface area contributed by atoms with E-state index in [-0.39, 0.29) is 5.92 Å². The van der Waals surface area contributed by atoms with Gasteiger partial charge in [-0.25, -0.2) is 4.39 Å². The van der Waals surface area contributed by atoms with Crippen molar-refractivity contribution in [3.8, 4) is 0 Å². The van der Waals surface area contributed by atoms with Crippen LogP contribution in [0, 0.1) is 0 Å². The molecule has 0 bridgehead atoms. The zero-order chi connectivity index (χ0) is 10.0. The normalized spacial score (nSPS) is 15.3. The Morgan fingerprint density at radius 2 is 2.38 bits per heavy atom. The first kappa shape index (κ1) is 9.77. The van der Waals surface area contributed by atoms with Crippen molar-refractivity contribution in [2.45, 2.75) is 25.9 Å². The lowest BCUT2D eigenvalue weighted by Crippen LogP contribution is -2.11. The number of nitrogens with two attached hydrogens (primary N) is 1. The topological polar surface area (TPSA) is 54.7 Å². The molecule has 0 radical (unpaired) electrons. The molecule has 0 amide bonds. The largest absolute Gasteiger partial charge is 0.382 e.